The number of aromatic nitrogens is 4. The number of rotatable bonds is 7. The van der Waals surface area contributed by atoms with E-state index in [1.807, 2.05) is 231 Å². The number of aliphatic hydroxyl groups excluding tert-OH is 2. The molecule has 20 heteroatoms. The molecule has 2 radical (unpaired) electrons. The molecule has 484 valence electrons. The Labute approximate surface area is 574 Å². The van der Waals surface area contributed by atoms with Crippen molar-refractivity contribution in [3.63, 3.8) is 0 Å². The minimum atomic E-state index is -5.78. The first-order chi connectivity index (χ1) is 44.9. The number of nitrogens with zero attached hydrogens (tertiary/aromatic N) is 6. The Balaban J connectivity index is 0.000000223. The standard InChI is InChI=1S/C24H14N2O.C24H13N2O.2C11H8N.C2H6O.CHF3O4S.CH4O.CH3.2Ir/c2*25-15-17-12-13-19-18-9-6-10-20(21-11-4-5-14-26-21)23(18)27-24(19)22(17)16-7-2-1-3-8-16;2*1-2-6-10(7-3-1)11-8-4-5-9-12-11;1-2-3;2-1(3,4)9(6,7)8-5;1-2;;;/h1-14H;1-9,11-14H;2*1-6,8-9H;3H,2H2,1H3;5H;2H,1H3;1H3;;/q;3*-1;;;;-1;;. The van der Waals surface area contributed by atoms with Crippen LogP contribution in [0.15, 0.2) is 270 Å². The van der Waals surface area contributed by atoms with Gasteiger partial charge in [-0.1, -0.05) is 132 Å². The van der Waals surface area contributed by atoms with Crippen LogP contribution in [0.2, 0.25) is 0 Å². The quantitative estimate of drug-likeness (QED) is 0.0583. The molecule has 0 aliphatic carbocycles. The Bertz CT molecular complexity index is 4470. The van der Waals surface area contributed by atoms with E-state index in [-0.39, 0.29) is 54.2 Å². The average molecular weight is 1640 g/mol. The molecule has 0 atom stereocenters. The van der Waals surface area contributed by atoms with Crippen molar-refractivity contribution >= 4 is 54.0 Å². The summed E-state index contributed by atoms with van der Waals surface area (Å²) >= 11 is 0. The summed E-state index contributed by atoms with van der Waals surface area (Å²) in [4.78, 5) is 17.3. The molecule has 0 amide bonds. The fraction of sp³-hybridized carbons (Fsp3) is 0.0533. The van der Waals surface area contributed by atoms with Gasteiger partial charge >= 0.3 is 15.6 Å². The molecule has 0 saturated carbocycles. The summed E-state index contributed by atoms with van der Waals surface area (Å²) in [5.74, 6) is 0. The van der Waals surface area contributed by atoms with Crippen molar-refractivity contribution in [2.45, 2.75) is 12.4 Å². The van der Waals surface area contributed by atoms with Gasteiger partial charge in [0.15, 0.2) is 0 Å². The Morgan fingerprint density at radius 3 is 1.24 bits per heavy atom. The molecule has 14 nitrogen and oxygen atoms in total. The number of halogens is 3. The predicted octanol–water partition coefficient (Wildman–Crippen LogP) is 17.6. The Morgan fingerprint density at radius 1 is 0.474 bits per heavy atom. The zero-order valence-electron chi connectivity index (χ0n) is 50.8. The number of pyridine rings is 4. The topological polar surface area (TPSA) is 229 Å². The largest absolute Gasteiger partial charge is 0.525 e. The molecule has 0 saturated heterocycles. The van der Waals surface area contributed by atoms with Gasteiger partial charge in [-0.15, -0.1) is 94.3 Å². The first kappa shape index (κ1) is 75.5. The van der Waals surface area contributed by atoms with Crippen molar-refractivity contribution in [3.05, 3.63) is 298 Å². The zero-order chi connectivity index (χ0) is 65.3. The maximum absolute atomic E-state index is 11.0. The fourth-order valence-corrected chi connectivity index (χ4v) is 9.34. The Morgan fingerprint density at radius 2 is 0.863 bits per heavy atom. The van der Waals surface area contributed by atoms with E-state index in [9.17, 15) is 32.1 Å². The number of alkyl halides is 3. The molecular formula is C75H57F3Ir2N6O8S-4. The van der Waals surface area contributed by atoms with Crippen LogP contribution in [0, 0.1) is 48.3 Å². The first-order valence-corrected chi connectivity index (χ1v) is 29.4. The number of para-hydroxylation sites is 1. The summed E-state index contributed by atoms with van der Waals surface area (Å²) in [7, 11) is -4.78. The molecule has 0 aliphatic heterocycles. The van der Waals surface area contributed by atoms with E-state index in [0.717, 1.165) is 113 Å². The third kappa shape index (κ3) is 19.0. The number of hydrogen-bond acceptors (Lipinski definition) is 14. The van der Waals surface area contributed by atoms with Crippen LogP contribution in [0.4, 0.5) is 13.2 Å². The Hall–Kier alpha value is -10.2. The molecule has 14 aromatic rings. The minimum absolute atomic E-state index is 0. The third-order valence-electron chi connectivity index (χ3n) is 13.2. The van der Waals surface area contributed by atoms with Crippen LogP contribution in [0.25, 0.3) is 111 Å². The third-order valence-corrected chi connectivity index (χ3v) is 13.9. The summed E-state index contributed by atoms with van der Waals surface area (Å²) in [6, 6.07) is 90.5. The molecule has 0 spiro atoms. The predicted molar refractivity (Wildman–Crippen MR) is 356 cm³/mol. The van der Waals surface area contributed by atoms with E-state index in [0.29, 0.717) is 16.7 Å². The molecule has 0 fully saturated rings. The fourth-order valence-electron chi connectivity index (χ4n) is 9.25. The van der Waals surface area contributed by atoms with Crippen LogP contribution >= 0.6 is 0 Å². The summed E-state index contributed by atoms with van der Waals surface area (Å²) in [6.45, 7) is 1.93. The molecule has 8 aromatic carbocycles. The van der Waals surface area contributed by atoms with Gasteiger partial charge in [-0.25, -0.2) is 5.26 Å². The molecular weight excluding hydrogens is 1590 g/mol. The summed E-state index contributed by atoms with van der Waals surface area (Å²) < 4.78 is 66.6. The van der Waals surface area contributed by atoms with Crippen LogP contribution in [-0.2, 0) is 54.7 Å². The van der Waals surface area contributed by atoms with Gasteiger partial charge in [0, 0.05) is 112 Å². The van der Waals surface area contributed by atoms with E-state index in [2.05, 4.69) is 60.7 Å². The molecule has 14 rings (SSSR count). The van der Waals surface area contributed by atoms with Gasteiger partial charge in [-0.3, -0.25) is 4.98 Å². The van der Waals surface area contributed by atoms with Crippen LogP contribution in [0.5, 0.6) is 0 Å². The second kappa shape index (κ2) is 37.5. The van der Waals surface area contributed by atoms with Crippen molar-refractivity contribution in [1.29, 1.82) is 10.5 Å². The van der Waals surface area contributed by atoms with E-state index in [1.54, 1.807) is 31.7 Å². The number of benzene rings is 8. The van der Waals surface area contributed by atoms with Crippen molar-refractivity contribution in [2.75, 3.05) is 13.7 Å². The van der Waals surface area contributed by atoms with Gasteiger partial charge < -0.3 is 41.4 Å². The number of fused-ring (bicyclic) bond motifs is 6. The zero-order valence-corrected chi connectivity index (χ0v) is 56.4. The Kier molecular flexibility index (Phi) is 29.8. The molecule has 3 N–H and O–H groups in total. The second-order valence-electron chi connectivity index (χ2n) is 18.9. The first-order valence-electron chi connectivity index (χ1n) is 28.0. The van der Waals surface area contributed by atoms with Gasteiger partial charge in [0.1, 0.15) is 16.7 Å². The summed E-state index contributed by atoms with van der Waals surface area (Å²) in [5, 5.41) is 45.0. The molecule has 95 heavy (non-hydrogen) atoms. The number of nitriles is 2. The van der Waals surface area contributed by atoms with Gasteiger partial charge in [0.2, 0.25) is 0 Å². The number of aliphatic hydroxyl groups is 2. The van der Waals surface area contributed by atoms with Crippen LogP contribution < -0.4 is 0 Å². The molecule has 0 bridgehead atoms. The molecule has 6 heterocycles. The minimum Gasteiger partial charge on any atom is -0.500 e. The van der Waals surface area contributed by atoms with Gasteiger partial charge in [-0.2, -0.15) is 32.1 Å². The summed E-state index contributed by atoms with van der Waals surface area (Å²) in [6.07, 6.45) is 7.11. The molecule has 6 aromatic heterocycles. The van der Waals surface area contributed by atoms with Gasteiger partial charge in [0.05, 0.1) is 34.5 Å². The van der Waals surface area contributed by atoms with E-state index in [4.69, 9.17) is 24.3 Å². The maximum Gasteiger partial charge on any atom is 0.525 e. The van der Waals surface area contributed by atoms with E-state index in [1.165, 1.54) is 0 Å². The average Bonchev–Trinajstić information content (AvgIpc) is 1.61. The smallest absolute Gasteiger partial charge is 0.500 e. The van der Waals surface area contributed by atoms with Crippen LogP contribution in [0.3, 0.4) is 0 Å². The van der Waals surface area contributed by atoms with E-state index < -0.39 is 15.6 Å². The van der Waals surface area contributed by atoms with Gasteiger partial charge in [0.25, 0.3) is 0 Å². The second-order valence-corrected chi connectivity index (χ2v) is 20.4. The van der Waals surface area contributed by atoms with Crippen molar-refractivity contribution in [2.24, 2.45) is 0 Å². The summed E-state index contributed by atoms with van der Waals surface area (Å²) in [5.41, 5.74) is 9.66. The molecule has 0 aliphatic rings. The van der Waals surface area contributed by atoms with Gasteiger partial charge in [-0.05, 0) is 89.7 Å². The molecule has 0 unspecified atom stereocenters. The van der Waals surface area contributed by atoms with Crippen molar-refractivity contribution in [1.82, 2.24) is 19.9 Å². The SMILES string of the molecule is CCO.CO.N#Cc1ccc2c(oc3c(-c4ccccn4)[c-]ccc32)c1-c1ccccc1.N#Cc1ccc2c(oc3c(-c4ccccn4)cccc32)c1-c1ccccc1.O=S(=O)(OO)C(F)(F)F.[CH3-].[Ir].[Ir].[c-]1ccccc1-c1ccccn1.[c-]1ccccc1-c1ccccn1. The monoisotopic (exact) mass is 1640 g/mol. The van der Waals surface area contributed by atoms with Crippen molar-refractivity contribution < 1.29 is 90.4 Å². The number of hydrogen-bond donors (Lipinski definition) is 3. The number of furan rings is 2. The van der Waals surface area contributed by atoms with Crippen LogP contribution in [-0.4, -0.2) is 63.0 Å². The van der Waals surface area contributed by atoms with Crippen molar-refractivity contribution in [3.8, 4) is 79.4 Å². The van der Waals surface area contributed by atoms with E-state index >= 15 is 0 Å². The normalized spacial score (nSPS) is 10.2. The van der Waals surface area contributed by atoms with Crippen LogP contribution in [0.1, 0.15) is 18.1 Å². The maximum atomic E-state index is 11.0.